The second-order valence-electron chi connectivity index (χ2n) is 4.87. The molecule has 1 aromatic rings. The van der Waals surface area contributed by atoms with Crippen molar-refractivity contribution in [3.63, 3.8) is 0 Å². The summed E-state index contributed by atoms with van der Waals surface area (Å²) in [6.07, 6.45) is 1.54. The van der Waals surface area contributed by atoms with Gasteiger partial charge >= 0.3 is 0 Å². The van der Waals surface area contributed by atoms with Crippen molar-refractivity contribution in [2.75, 3.05) is 32.4 Å². The first kappa shape index (κ1) is 19.3. The number of nitrogens with zero attached hydrogens (tertiary/aromatic N) is 1. The fourth-order valence-corrected chi connectivity index (χ4v) is 4.37. The van der Waals surface area contributed by atoms with Crippen molar-refractivity contribution in [1.82, 2.24) is 9.62 Å². The minimum atomic E-state index is -3.81. The summed E-state index contributed by atoms with van der Waals surface area (Å²) in [7, 11) is -7.53. The standard InChI is InChI=1S/C12H17FN2O4S2.ClH/c1-20(16,17)12-4-3-10(9-11(12)13)21(18,19)15-7-2-5-14-6-8-15;/h3-4,9,14H,2,5-8H2,1H3;1H. The van der Waals surface area contributed by atoms with E-state index >= 15 is 0 Å². The quantitative estimate of drug-likeness (QED) is 0.841. The normalized spacial score (nSPS) is 17.5. The number of sulfonamides is 1. The van der Waals surface area contributed by atoms with Gasteiger partial charge in [-0.2, -0.15) is 4.31 Å². The third kappa shape index (κ3) is 4.17. The molecule has 1 saturated heterocycles. The monoisotopic (exact) mass is 372 g/mol. The average molecular weight is 373 g/mol. The molecule has 1 fully saturated rings. The van der Waals surface area contributed by atoms with Crippen LogP contribution in [0.25, 0.3) is 0 Å². The SMILES string of the molecule is CS(=O)(=O)c1ccc(S(=O)(=O)N2CCCNCC2)cc1F.Cl. The van der Waals surface area contributed by atoms with Crippen molar-refractivity contribution in [2.24, 2.45) is 0 Å². The molecule has 126 valence electrons. The first-order valence-corrected chi connectivity index (χ1v) is 9.76. The van der Waals surface area contributed by atoms with Gasteiger partial charge in [0.15, 0.2) is 9.84 Å². The maximum atomic E-state index is 13.8. The van der Waals surface area contributed by atoms with Gasteiger partial charge in [0.1, 0.15) is 10.7 Å². The van der Waals surface area contributed by atoms with Crippen molar-refractivity contribution in [2.45, 2.75) is 16.2 Å². The van der Waals surface area contributed by atoms with Gasteiger partial charge < -0.3 is 5.32 Å². The Labute approximate surface area is 136 Å². The van der Waals surface area contributed by atoms with Crippen LogP contribution in [0.3, 0.4) is 0 Å². The molecule has 0 bridgehead atoms. The fourth-order valence-electron chi connectivity index (χ4n) is 2.15. The molecule has 0 unspecified atom stereocenters. The highest BCUT2D eigenvalue weighted by molar-refractivity contribution is 7.90. The molecule has 6 nitrogen and oxygen atoms in total. The molecular weight excluding hydrogens is 355 g/mol. The number of halogens is 2. The van der Waals surface area contributed by atoms with Crippen LogP contribution >= 0.6 is 12.4 Å². The minimum Gasteiger partial charge on any atom is -0.315 e. The second-order valence-corrected chi connectivity index (χ2v) is 8.79. The summed E-state index contributed by atoms with van der Waals surface area (Å²) in [6.45, 7) is 1.92. The summed E-state index contributed by atoms with van der Waals surface area (Å²) in [6, 6.07) is 2.89. The summed E-state index contributed by atoms with van der Waals surface area (Å²) in [5, 5.41) is 3.08. The molecule has 1 aliphatic heterocycles. The Kier molecular flexibility index (Phi) is 6.34. The highest BCUT2D eigenvalue weighted by Crippen LogP contribution is 2.22. The molecule has 10 heteroatoms. The van der Waals surface area contributed by atoms with Crippen LogP contribution in [-0.4, -0.2) is 53.6 Å². The van der Waals surface area contributed by atoms with Crippen LogP contribution in [0.4, 0.5) is 4.39 Å². The lowest BCUT2D eigenvalue weighted by Gasteiger charge is -2.19. The first-order valence-electron chi connectivity index (χ1n) is 6.43. The lowest BCUT2D eigenvalue weighted by atomic mass is 10.3. The zero-order valence-electron chi connectivity index (χ0n) is 12.0. The Morgan fingerprint density at radius 1 is 1.14 bits per heavy atom. The molecule has 0 aromatic heterocycles. The van der Waals surface area contributed by atoms with Gasteiger partial charge in [0.05, 0.1) is 4.90 Å². The van der Waals surface area contributed by atoms with E-state index in [1.165, 1.54) is 4.31 Å². The predicted octanol–water partition coefficient (Wildman–Crippen LogP) is 0.635. The Morgan fingerprint density at radius 2 is 1.82 bits per heavy atom. The van der Waals surface area contributed by atoms with E-state index in [1.54, 1.807) is 0 Å². The summed E-state index contributed by atoms with van der Waals surface area (Å²) >= 11 is 0. The number of nitrogens with one attached hydrogen (secondary N) is 1. The molecular formula is C12H18ClFN2O4S2. The maximum Gasteiger partial charge on any atom is 0.243 e. The van der Waals surface area contributed by atoms with Crippen LogP contribution in [0.15, 0.2) is 28.0 Å². The second kappa shape index (κ2) is 7.22. The molecule has 0 aliphatic carbocycles. The van der Waals surface area contributed by atoms with Gasteiger partial charge in [0.2, 0.25) is 10.0 Å². The van der Waals surface area contributed by atoms with E-state index in [0.717, 1.165) is 31.0 Å². The van der Waals surface area contributed by atoms with E-state index in [0.29, 0.717) is 26.1 Å². The number of hydrogen-bond acceptors (Lipinski definition) is 5. The molecule has 1 N–H and O–H groups in total. The van der Waals surface area contributed by atoms with E-state index in [-0.39, 0.29) is 17.3 Å². The average Bonchev–Trinajstić information content (AvgIpc) is 2.66. The number of hydrogen-bond donors (Lipinski definition) is 1. The Balaban J connectivity index is 0.00000242. The van der Waals surface area contributed by atoms with Gasteiger partial charge in [-0.1, -0.05) is 0 Å². The van der Waals surface area contributed by atoms with E-state index < -0.39 is 30.6 Å². The van der Waals surface area contributed by atoms with Crippen molar-refractivity contribution >= 4 is 32.3 Å². The molecule has 0 saturated carbocycles. The molecule has 1 heterocycles. The largest absolute Gasteiger partial charge is 0.315 e. The smallest absolute Gasteiger partial charge is 0.243 e. The van der Waals surface area contributed by atoms with Gasteiger partial charge in [-0.25, -0.2) is 21.2 Å². The summed E-state index contributed by atoms with van der Waals surface area (Å²) in [5.74, 6) is -1.05. The lowest BCUT2D eigenvalue weighted by Crippen LogP contribution is -2.34. The molecule has 2 rings (SSSR count). The molecule has 0 atom stereocenters. The van der Waals surface area contributed by atoms with Gasteiger partial charge in [-0.3, -0.25) is 0 Å². The van der Waals surface area contributed by atoms with Gasteiger partial charge in [-0.15, -0.1) is 12.4 Å². The highest BCUT2D eigenvalue weighted by atomic mass is 35.5. The molecule has 0 radical (unpaired) electrons. The topological polar surface area (TPSA) is 83.5 Å². The van der Waals surface area contributed by atoms with E-state index in [2.05, 4.69) is 5.32 Å². The number of sulfone groups is 1. The minimum absolute atomic E-state index is 0. The van der Waals surface area contributed by atoms with Crippen molar-refractivity contribution in [1.29, 1.82) is 0 Å². The van der Waals surface area contributed by atoms with Crippen LogP contribution in [0.5, 0.6) is 0 Å². The zero-order chi connectivity index (χ0) is 15.7. The highest BCUT2D eigenvalue weighted by Gasteiger charge is 2.26. The first-order chi connectivity index (χ1) is 9.73. The van der Waals surface area contributed by atoms with Crippen LogP contribution in [0.2, 0.25) is 0 Å². The van der Waals surface area contributed by atoms with Gasteiger partial charge in [-0.05, 0) is 31.2 Å². The zero-order valence-corrected chi connectivity index (χ0v) is 14.4. The molecule has 0 spiro atoms. The van der Waals surface area contributed by atoms with Crippen LogP contribution in [0, 0.1) is 5.82 Å². The summed E-state index contributed by atoms with van der Waals surface area (Å²) in [5.41, 5.74) is 0. The van der Waals surface area contributed by atoms with Gasteiger partial charge in [0, 0.05) is 25.9 Å². The Hall–Kier alpha value is -0.740. The van der Waals surface area contributed by atoms with E-state index in [1.807, 2.05) is 0 Å². The molecule has 1 aliphatic rings. The third-order valence-corrected chi connectivity index (χ3v) is 6.26. The van der Waals surface area contributed by atoms with Crippen molar-refractivity contribution < 1.29 is 21.2 Å². The molecule has 0 amide bonds. The maximum absolute atomic E-state index is 13.8. The summed E-state index contributed by atoms with van der Waals surface area (Å²) in [4.78, 5) is -0.728. The number of benzene rings is 1. The predicted molar refractivity (Wildman–Crippen MR) is 83.0 cm³/mol. The molecule has 1 aromatic carbocycles. The fraction of sp³-hybridized carbons (Fsp3) is 0.500. The lowest BCUT2D eigenvalue weighted by molar-refractivity contribution is 0.431. The van der Waals surface area contributed by atoms with Gasteiger partial charge in [0.25, 0.3) is 0 Å². The molecule has 22 heavy (non-hydrogen) atoms. The van der Waals surface area contributed by atoms with Crippen molar-refractivity contribution in [3.05, 3.63) is 24.0 Å². The third-order valence-electron chi connectivity index (χ3n) is 3.24. The Morgan fingerprint density at radius 3 is 2.41 bits per heavy atom. The van der Waals surface area contributed by atoms with Crippen LogP contribution in [-0.2, 0) is 19.9 Å². The van der Waals surface area contributed by atoms with Crippen molar-refractivity contribution in [3.8, 4) is 0 Å². The van der Waals surface area contributed by atoms with Crippen LogP contribution in [0.1, 0.15) is 6.42 Å². The number of rotatable bonds is 3. The summed E-state index contributed by atoms with van der Waals surface area (Å²) < 4.78 is 62.7. The van der Waals surface area contributed by atoms with E-state index in [4.69, 9.17) is 0 Å². The Bertz CT molecular complexity index is 729. The van der Waals surface area contributed by atoms with Crippen LogP contribution < -0.4 is 5.32 Å². The van der Waals surface area contributed by atoms with E-state index in [9.17, 15) is 21.2 Å².